The molecule has 0 radical (unpaired) electrons. The van der Waals surface area contributed by atoms with Crippen LogP contribution in [0.2, 0.25) is 5.02 Å². The molecule has 1 aromatic heterocycles. The second kappa shape index (κ2) is 8.24. The molecule has 4 rings (SSSR count). The van der Waals surface area contributed by atoms with Crippen LogP contribution in [0.15, 0.2) is 30.0 Å². The molecule has 3 N–H and O–H groups in total. The first-order valence-electron chi connectivity index (χ1n) is 10.1. The number of amides is 1. The summed E-state index contributed by atoms with van der Waals surface area (Å²) in [5, 5.41) is 10.6. The molecule has 7 nitrogen and oxygen atoms in total. The first-order valence-corrected chi connectivity index (χ1v) is 10.4. The number of aliphatic hydroxyl groups is 1. The monoisotopic (exact) mass is 428 g/mol. The fourth-order valence-electron chi connectivity index (χ4n) is 3.97. The first-order chi connectivity index (χ1) is 14.3. The third-order valence-corrected chi connectivity index (χ3v) is 6.20. The zero-order valence-electron chi connectivity index (χ0n) is 17.1. The van der Waals surface area contributed by atoms with Crippen LogP contribution in [0.1, 0.15) is 46.8 Å². The molecule has 1 saturated carbocycles. The molecule has 1 fully saturated rings. The highest BCUT2D eigenvalue weighted by Gasteiger charge is 2.31. The lowest BCUT2D eigenvalue weighted by Gasteiger charge is -2.22. The van der Waals surface area contributed by atoms with Crippen molar-refractivity contribution in [1.29, 1.82) is 0 Å². The Balaban J connectivity index is 1.55. The smallest absolute Gasteiger partial charge is 0.258 e. The molecule has 1 aliphatic heterocycles. The van der Waals surface area contributed by atoms with Crippen molar-refractivity contribution in [2.75, 3.05) is 13.1 Å². The summed E-state index contributed by atoms with van der Waals surface area (Å²) >= 11 is 6.18. The molecule has 30 heavy (non-hydrogen) atoms. The molecule has 0 bridgehead atoms. The Hall–Kier alpha value is -2.64. The van der Waals surface area contributed by atoms with Gasteiger partial charge in [-0.25, -0.2) is 9.97 Å². The molecule has 2 heterocycles. The fourth-order valence-corrected chi connectivity index (χ4v) is 4.05. The van der Waals surface area contributed by atoms with E-state index < -0.39 is 6.10 Å². The summed E-state index contributed by atoms with van der Waals surface area (Å²) in [5.41, 5.74) is 9.36. The van der Waals surface area contributed by atoms with Gasteiger partial charge in [-0.15, -0.1) is 0 Å². The van der Waals surface area contributed by atoms with Crippen molar-refractivity contribution in [3.63, 3.8) is 0 Å². The number of hydrogen-bond donors (Lipinski definition) is 2. The van der Waals surface area contributed by atoms with E-state index in [-0.39, 0.29) is 12.0 Å². The number of rotatable bonds is 4. The van der Waals surface area contributed by atoms with Crippen LogP contribution in [0.25, 0.3) is 5.57 Å². The lowest BCUT2D eigenvalue weighted by atomic mass is 10.1. The molecule has 2 atom stereocenters. The van der Waals surface area contributed by atoms with Gasteiger partial charge in [-0.2, -0.15) is 0 Å². The Morgan fingerprint density at radius 3 is 2.57 bits per heavy atom. The summed E-state index contributed by atoms with van der Waals surface area (Å²) in [6, 6.07) is 7.12. The molecular weight excluding hydrogens is 404 g/mol. The van der Waals surface area contributed by atoms with E-state index in [9.17, 15) is 9.90 Å². The van der Waals surface area contributed by atoms with Crippen LogP contribution >= 0.6 is 11.6 Å². The summed E-state index contributed by atoms with van der Waals surface area (Å²) in [6.07, 6.45) is 1.62. The molecule has 1 aromatic carbocycles. The molecule has 1 aliphatic carbocycles. The van der Waals surface area contributed by atoms with Gasteiger partial charge in [0, 0.05) is 11.3 Å². The van der Waals surface area contributed by atoms with Crippen molar-refractivity contribution >= 4 is 23.1 Å². The number of carbonyl (C=O) groups is 1. The summed E-state index contributed by atoms with van der Waals surface area (Å²) in [7, 11) is 0. The summed E-state index contributed by atoms with van der Waals surface area (Å²) in [6.45, 7) is 4.24. The van der Waals surface area contributed by atoms with Gasteiger partial charge < -0.3 is 20.5 Å². The van der Waals surface area contributed by atoms with E-state index in [1.807, 2.05) is 19.9 Å². The maximum atomic E-state index is 13.3. The Morgan fingerprint density at radius 1 is 1.20 bits per heavy atom. The molecule has 2 aromatic rings. The predicted octanol–water partition coefficient (Wildman–Crippen LogP) is 2.86. The van der Waals surface area contributed by atoms with Crippen LogP contribution in [-0.2, 0) is 0 Å². The Kier molecular flexibility index (Phi) is 5.66. The topological polar surface area (TPSA) is 102 Å². The second-order valence-corrected chi connectivity index (χ2v) is 8.23. The highest BCUT2D eigenvalue weighted by Crippen LogP contribution is 2.30. The van der Waals surface area contributed by atoms with Gasteiger partial charge >= 0.3 is 0 Å². The standard InChI is InChI=1S/C22H25ClN4O3/c1-12-20(23)13(2)26-21(25-12)15-10-27(11-16(15)24)22(29)14-6-3-4-8-18(14)30-19-9-5-7-17(19)28/h3-4,6,8,17,19,28H,5,7,9-11,24H2,1-2H3/t17-,19-/m0/s1. The minimum Gasteiger partial charge on any atom is -0.487 e. The molecule has 0 spiro atoms. The number of aryl methyl sites for hydroxylation is 2. The van der Waals surface area contributed by atoms with Crippen LogP contribution in [-0.4, -0.2) is 51.2 Å². The van der Waals surface area contributed by atoms with E-state index in [1.165, 1.54) is 0 Å². The van der Waals surface area contributed by atoms with Gasteiger partial charge in [0.25, 0.3) is 5.91 Å². The minimum atomic E-state index is -0.502. The average Bonchev–Trinajstić information content (AvgIpc) is 3.31. The summed E-state index contributed by atoms with van der Waals surface area (Å²) < 4.78 is 6.00. The van der Waals surface area contributed by atoms with Crippen molar-refractivity contribution in [3.8, 4) is 5.75 Å². The van der Waals surface area contributed by atoms with E-state index in [1.54, 1.807) is 23.1 Å². The van der Waals surface area contributed by atoms with Crippen LogP contribution in [0.4, 0.5) is 0 Å². The number of aliphatic hydroxyl groups excluding tert-OH is 1. The van der Waals surface area contributed by atoms with Crippen LogP contribution in [0, 0.1) is 13.8 Å². The average molecular weight is 429 g/mol. The van der Waals surface area contributed by atoms with Gasteiger partial charge in [0.1, 0.15) is 11.9 Å². The summed E-state index contributed by atoms with van der Waals surface area (Å²) in [4.78, 5) is 23.8. The number of nitrogens with two attached hydrogens (primary N) is 1. The van der Waals surface area contributed by atoms with Crippen molar-refractivity contribution < 1.29 is 14.6 Å². The number of nitrogens with zero attached hydrogens (tertiary/aromatic N) is 3. The first kappa shape index (κ1) is 20.6. The number of benzene rings is 1. The molecule has 158 valence electrons. The predicted molar refractivity (Wildman–Crippen MR) is 114 cm³/mol. The lowest BCUT2D eigenvalue weighted by molar-refractivity contribution is 0.0579. The molecular formula is C22H25ClN4O3. The minimum absolute atomic E-state index is 0.182. The molecule has 0 saturated heterocycles. The maximum Gasteiger partial charge on any atom is 0.258 e. The SMILES string of the molecule is Cc1nc(C2=C(N)CN(C(=O)c3ccccc3O[C@H]3CCC[C@@H]3O)C2)nc(C)c1Cl. The Morgan fingerprint density at radius 2 is 1.90 bits per heavy atom. The van der Waals surface area contributed by atoms with Crippen molar-refractivity contribution in [1.82, 2.24) is 14.9 Å². The van der Waals surface area contributed by atoms with Gasteiger partial charge in [-0.1, -0.05) is 23.7 Å². The maximum absolute atomic E-state index is 13.3. The molecule has 0 unspecified atom stereocenters. The zero-order valence-corrected chi connectivity index (χ0v) is 17.8. The van der Waals surface area contributed by atoms with Crippen LogP contribution in [0.3, 0.4) is 0 Å². The second-order valence-electron chi connectivity index (χ2n) is 7.85. The largest absolute Gasteiger partial charge is 0.487 e. The van der Waals surface area contributed by atoms with E-state index >= 15 is 0 Å². The number of ether oxygens (including phenoxy) is 1. The van der Waals surface area contributed by atoms with Crippen molar-refractivity contribution in [3.05, 3.63) is 57.8 Å². The Bertz CT molecular complexity index is 1000. The molecule has 2 aliphatic rings. The number of aromatic nitrogens is 2. The van der Waals surface area contributed by atoms with Gasteiger partial charge in [-0.05, 0) is 45.2 Å². The summed E-state index contributed by atoms with van der Waals surface area (Å²) in [5.74, 6) is 0.800. The van der Waals surface area contributed by atoms with E-state index in [4.69, 9.17) is 22.1 Å². The van der Waals surface area contributed by atoms with Gasteiger partial charge in [0.15, 0.2) is 5.82 Å². The van der Waals surface area contributed by atoms with Crippen molar-refractivity contribution in [2.45, 2.75) is 45.3 Å². The van der Waals surface area contributed by atoms with E-state index in [0.717, 1.165) is 24.8 Å². The van der Waals surface area contributed by atoms with Gasteiger partial charge in [0.05, 0.1) is 41.2 Å². The quantitative estimate of drug-likeness (QED) is 0.776. The van der Waals surface area contributed by atoms with Crippen LogP contribution in [0.5, 0.6) is 5.75 Å². The highest BCUT2D eigenvalue weighted by atomic mass is 35.5. The fraction of sp³-hybridized carbons (Fsp3) is 0.409. The number of carbonyl (C=O) groups excluding carboxylic acids is 1. The number of hydrogen-bond acceptors (Lipinski definition) is 6. The van der Waals surface area contributed by atoms with Gasteiger partial charge in [0.2, 0.25) is 0 Å². The zero-order chi connectivity index (χ0) is 21.4. The molecule has 8 heteroatoms. The third-order valence-electron chi connectivity index (χ3n) is 5.65. The normalized spacial score (nSPS) is 21.4. The van der Waals surface area contributed by atoms with E-state index in [0.29, 0.717) is 52.3 Å². The lowest BCUT2D eigenvalue weighted by Crippen LogP contribution is -2.32. The third kappa shape index (κ3) is 3.87. The van der Waals surface area contributed by atoms with Crippen LogP contribution < -0.4 is 10.5 Å². The molecule has 1 amide bonds. The number of halogens is 1. The highest BCUT2D eigenvalue weighted by molar-refractivity contribution is 6.31. The van der Waals surface area contributed by atoms with Crippen molar-refractivity contribution in [2.24, 2.45) is 5.73 Å². The Labute approximate surface area is 180 Å². The van der Waals surface area contributed by atoms with Gasteiger partial charge in [-0.3, -0.25) is 4.79 Å². The number of para-hydroxylation sites is 1. The van der Waals surface area contributed by atoms with E-state index in [2.05, 4.69) is 9.97 Å².